The Balaban J connectivity index is 1.52. The monoisotopic (exact) mass is 279 g/mol. The first-order valence-corrected chi connectivity index (χ1v) is 8.21. The van der Waals surface area contributed by atoms with Crippen LogP contribution in [0.15, 0.2) is 4.99 Å². The highest BCUT2D eigenvalue weighted by Crippen LogP contribution is 2.51. The molecular weight excluding hydrogens is 250 g/mol. The van der Waals surface area contributed by atoms with E-state index >= 15 is 0 Å². The summed E-state index contributed by atoms with van der Waals surface area (Å²) in [7, 11) is 1.87. The lowest BCUT2D eigenvalue weighted by Gasteiger charge is -2.60. The number of rotatable bonds is 4. The van der Waals surface area contributed by atoms with Gasteiger partial charge in [-0.15, -0.1) is 0 Å². The molecule has 0 amide bonds. The molecule has 2 aliphatic carbocycles. The van der Waals surface area contributed by atoms with Gasteiger partial charge in [0.05, 0.1) is 6.10 Å². The summed E-state index contributed by atoms with van der Waals surface area (Å²) < 4.78 is 5.96. The molecule has 3 unspecified atom stereocenters. The van der Waals surface area contributed by atoms with Crippen molar-refractivity contribution in [2.24, 2.45) is 22.2 Å². The van der Waals surface area contributed by atoms with Crippen LogP contribution in [0.1, 0.15) is 46.0 Å². The Labute approximate surface area is 122 Å². The van der Waals surface area contributed by atoms with Crippen LogP contribution in [0.3, 0.4) is 0 Å². The second kappa shape index (κ2) is 5.55. The van der Waals surface area contributed by atoms with E-state index < -0.39 is 0 Å². The molecule has 114 valence electrons. The minimum atomic E-state index is 0.208. The topological polar surface area (TPSA) is 45.7 Å². The standard InChI is InChI=1S/C16H29N3O/c1-16(2)13(12-5-4-10-20-14(12)16)19-15(17-3)18-9-8-11-6-7-11/h11-14H,4-10H2,1-3H3,(H2,17,18,19). The van der Waals surface area contributed by atoms with Gasteiger partial charge in [-0.25, -0.2) is 0 Å². The first-order chi connectivity index (χ1) is 9.63. The number of ether oxygens (including phenoxy) is 1. The molecule has 0 aromatic carbocycles. The van der Waals surface area contributed by atoms with Crippen LogP contribution in [0, 0.1) is 17.3 Å². The SMILES string of the molecule is CN=C(NCCC1CC1)NC1C2CCCOC2C1(C)C. The van der Waals surface area contributed by atoms with E-state index in [4.69, 9.17) is 4.74 Å². The Morgan fingerprint density at radius 2 is 2.10 bits per heavy atom. The molecule has 0 spiro atoms. The normalized spacial score (nSPS) is 36.0. The van der Waals surface area contributed by atoms with Crippen LogP contribution in [-0.2, 0) is 4.74 Å². The van der Waals surface area contributed by atoms with Gasteiger partial charge in [-0.2, -0.15) is 0 Å². The fraction of sp³-hybridized carbons (Fsp3) is 0.938. The zero-order valence-electron chi connectivity index (χ0n) is 13.1. The number of hydrogen-bond donors (Lipinski definition) is 2. The fourth-order valence-electron chi connectivity index (χ4n) is 3.96. The Kier molecular flexibility index (Phi) is 3.93. The van der Waals surface area contributed by atoms with Gasteiger partial charge in [0, 0.05) is 37.6 Å². The van der Waals surface area contributed by atoms with Crippen molar-refractivity contribution in [3.8, 4) is 0 Å². The summed E-state index contributed by atoms with van der Waals surface area (Å²) in [6.07, 6.45) is 7.03. The molecule has 2 saturated carbocycles. The highest BCUT2D eigenvalue weighted by atomic mass is 16.5. The molecule has 4 heteroatoms. The highest BCUT2D eigenvalue weighted by Gasteiger charge is 2.58. The van der Waals surface area contributed by atoms with Crippen LogP contribution < -0.4 is 10.6 Å². The third kappa shape index (κ3) is 2.67. The number of hydrogen-bond acceptors (Lipinski definition) is 2. The summed E-state index contributed by atoms with van der Waals surface area (Å²) in [6.45, 7) is 6.61. The zero-order valence-corrected chi connectivity index (χ0v) is 13.1. The van der Waals surface area contributed by atoms with E-state index in [1.165, 1.54) is 32.1 Å². The van der Waals surface area contributed by atoms with E-state index in [-0.39, 0.29) is 5.41 Å². The molecule has 20 heavy (non-hydrogen) atoms. The molecule has 1 heterocycles. The van der Waals surface area contributed by atoms with Crippen LogP contribution in [0.25, 0.3) is 0 Å². The van der Waals surface area contributed by atoms with Crippen molar-refractivity contribution in [3.63, 3.8) is 0 Å². The molecule has 0 radical (unpaired) electrons. The Morgan fingerprint density at radius 3 is 2.80 bits per heavy atom. The smallest absolute Gasteiger partial charge is 0.191 e. The molecule has 3 rings (SSSR count). The van der Waals surface area contributed by atoms with Crippen molar-refractivity contribution >= 4 is 5.96 Å². The lowest BCUT2D eigenvalue weighted by molar-refractivity contribution is -0.188. The molecule has 3 fully saturated rings. The third-order valence-electron chi connectivity index (χ3n) is 5.39. The number of nitrogens with one attached hydrogen (secondary N) is 2. The van der Waals surface area contributed by atoms with E-state index in [0.717, 1.165) is 25.0 Å². The number of nitrogens with zero attached hydrogens (tertiary/aromatic N) is 1. The predicted octanol–water partition coefficient (Wildman–Crippen LogP) is 2.16. The first kappa shape index (κ1) is 14.2. The number of fused-ring (bicyclic) bond motifs is 1. The largest absolute Gasteiger partial charge is 0.377 e. The fourth-order valence-corrected chi connectivity index (χ4v) is 3.96. The van der Waals surface area contributed by atoms with Gasteiger partial charge in [0.2, 0.25) is 0 Å². The number of guanidine groups is 1. The van der Waals surface area contributed by atoms with E-state index in [1.54, 1.807) is 0 Å². The molecule has 1 aliphatic heterocycles. The molecule has 3 atom stereocenters. The Hall–Kier alpha value is -0.770. The van der Waals surface area contributed by atoms with Gasteiger partial charge in [-0.1, -0.05) is 26.7 Å². The van der Waals surface area contributed by atoms with Crippen LogP contribution in [0.4, 0.5) is 0 Å². The van der Waals surface area contributed by atoms with Crippen LogP contribution >= 0.6 is 0 Å². The maximum atomic E-state index is 5.96. The van der Waals surface area contributed by atoms with Crippen LogP contribution in [0.5, 0.6) is 0 Å². The molecular formula is C16H29N3O. The Morgan fingerprint density at radius 1 is 1.30 bits per heavy atom. The highest BCUT2D eigenvalue weighted by molar-refractivity contribution is 5.80. The van der Waals surface area contributed by atoms with Gasteiger partial charge >= 0.3 is 0 Å². The van der Waals surface area contributed by atoms with Gasteiger partial charge < -0.3 is 15.4 Å². The molecule has 0 aromatic heterocycles. The van der Waals surface area contributed by atoms with Gasteiger partial charge in [0.25, 0.3) is 0 Å². The predicted molar refractivity (Wildman–Crippen MR) is 81.9 cm³/mol. The summed E-state index contributed by atoms with van der Waals surface area (Å²) in [4.78, 5) is 4.38. The molecule has 4 nitrogen and oxygen atoms in total. The summed E-state index contributed by atoms with van der Waals surface area (Å²) >= 11 is 0. The number of aliphatic imine (C=N–C) groups is 1. The molecule has 2 N–H and O–H groups in total. The molecule has 1 saturated heterocycles. The maximum Gasteiger partial charge on any atom is 0.191 e. The lowest BCUT2D eigenvalue weighted by atomic mass is 9.55. The van der Waals surface area contributed by atoms with E-state index in [9.17, 15) is 0 Å². The summed E-state index contributed by atoms with van der Waals surface area (Å²) in [6, 6.07) is 0.486. The summed E-state index contributed by atoms with van der Waals surface area (Å²) in [5.41, 5.74) is 0.208. The van der Waals surface area contributed by atoms with Gasteiger partial charge in [-0.3, -0.25) is 4.99 Å². The van der Waals surface area contributed by atoms with Crippen molar-refractivity contribution in [1.82, 2.24) is 10.6 Å². The average molecular weight is 279 g/mol. The maximum absolute atomic E-state index is 5.96. The van der Waals surface area contributed by atoms with E-state index in [1.807, 2.05) is 7.05 Å². The van der Waals surface area contributed by atoms with E-state index in [0.29, 0.717) is 18.1 Å². The van der Waals surface area contributed by atoms with Gasteiger partial charge in [-0.05, 0) is 25.2 Å². The van der Waals surface area contributed by atoms with Crippen molar-refractivity contribution in [2.45, 2.75) is 58.1 Å². The second-order valence-electron chi connectivity index (χ2n) is 7.27. The quantitative estimate of drug-likeness (QED) is 0.612. The van der Waals surface area contributed by atoms with Crippen molar-refractivity contribution in [1.29, 1.82) is 0 Å². The van der Waals surface area contributed by atoms with Gasteiger partial charge in [0.15, 0.2) is 5.96 Å². The lowest BCUT2D eigenvalue weighted by Crippen LogP contribution is -2.71. The zero-order chi connectivity index (χ0) is 14.2. The molecule has 0 bridgehead atoms. The minimum Gasteiger partial charge on any atom is -0.377 e. The van der Waals surface area contributed by atoms with Gasteiger partial charge in [0.1, 0.15) is 0 Å². The van der Waals surface area contributed by atoms with Crippen molar-refractivity contribution < 1.29 is 4.74 Å². The van der Waals surface area contributed by atoms with Crippen LogP contribution in [0.2, 0.25) is 0 Å². The van der Waals surface area contributed by atoms with Crippen molar-refractivity contribution in [2.75, 3.05) is 20.2 Å². The summed E-state index contributed by atoms with van der Waals surface area (Å²) in [5, 5.41) is 7.12. The summed E-state index contributed by atoms with van der Waals surface area (Å²) in [5.74, 6) is 2.59. The molecule has 3 aliphatic rings. The van der Waals surface area contributed by atoms with Crippen molar-refractivity contribution in [3.05, 3.63) is 0 Å². The van der Waals surface area contributed by atoms with Crippen LogP contribution in [-0.4, -0.2) is 38.3 Å². The first-order valence-electron chi connectivity index (χ1n) is 8.21. The van der Waals surface area contributed by atoms with E-state index in [2.05, 4.69) is 29.5 Å². The molecule has 0 aromatic rings. The second-order valence-corrected chi connectivity index (χ2v) is 7.27. The Bertz CT molecular complexity index is 376. The average Bonchev–Trinajstić information content (AvgIpc) is 3.26. The minimum absolute atomic E-state index is 0.208. The third-order valence-corrected chi connectivity index (χ3v) is 5.39.